The highest BCUT2D eigenvalue weighted by atomic mass is 35.5. The van der Waals surface area contributed by atoms with Crippen LogP contribution in [0.5, 0.6) is 5.88 Å². The van der Waals surface area contributed by atoms with E-state index in [0.29, 0.717) is 17.4 Å². The van der Waals surface area contributed by atoms with Crippen molar-refractivity contribution >= 4 is 29.0 Å². The number of nitrogens with one attached hydrogen (secondary N) is 1. The maximum absolute atomic E-state index is 9.80. The van der Waals surface area contributed by atoms with Crippen LogP contribution in [0.25, 0.3) is 0 Å². The van der Waals surface area contributed by atoms with Gasteiger partial charge in [0.05, 0.1) is 11.7 Å². The van der Waals surface area contributed by atoms with Crippen LogP contribution in [0.4, 0.5) is 5.69 Å². The summed E-state index contributed by atoms with van der Waals surface area (Å²) < 4.78 is 13.0. The highest BCUT2D eigenvalue weighted by molar-refractivity contribution is 6.99. The molecule has 102 valence electrons. The molecule has 2 N–H and O–H groups in total. The maximum Gasteiger partial charge on any atom is 0.245 e. The fourth-order valence-corrected chi connectivity index (χ4v) is 2.01. The van der Waals surface area contributed by atoms with E-state index in [0.717, 1.165) is 23.0 Å². The second-order valence-corrected chi connectivity index (χ2v) is 5.04. The zero-order chi connectivity index (χ0) is 13.7. The molecule has 1 heterocycles. The van der Waals surface area contributed by atoms with Crippen LogP contribution >= 0.6 is 23.3 Å². The number of aromatic nitrogens is 2. The Morgan fingerprint density at radius 3 is 3.11 bits per heavy atom. The van der Waals surface area contributed by atoms with Crippen molar-refractivity contribution in [3.8, 4) is 5.88 Å². The Bertz CT molecular complexity index is 522. The summed E-state index contributed by atoms with van der Waals surface area (Å²) in [6.07, 6.45) is 0.881. The average Bonchev–Trinajstić information content (AvgIpc) is 2.90. The van der Waals surface area contributed by atoms with Crippen molar-refractivity contribution in [3.63, 3.8) is 0 Å². The number of aryl methyl sites for hydroxylation is 1. The van der Waals surface area contributed by atoms with Crippen molar-refractivity contribution in [1.82, 2.24) is 8.75 Å². The Morgan fingerprint density at radius 1 is 1.53 bits per heavy atom. The molecule has 0 fully saturated rings. The number of anilines is 1. The van der Waals surface area contributed by atoms with Crippen LogP contribution in [-0.2, 0) is 0 Å². The van der Waals surface area contributed by atoms with Crippen LogP contribution < -0.4 is 10.1 Å². The molecule has 0 spiro atoms. The number of nitrogens with zero attached hydrogens (tertiary/aromatic N) is 2. The van der Waals surface area contributed by atoms with Gasteiger partial charge in [-0.15, -0.1) is 4.37 Å². The van der Waals surface area contributed by atoms with Crippen LogP contribution in [0.3, 0.4) is 0 Å². The van der Waals surface area contributed by atoms with Gasteiger partial charge in [-0.05, 0) is 24.6 Å². The molecular weight excluding hydrogens is 286 g/mol. The zero-order valence-corrected chi connectivity index (χ0v) is 11.9. The first-order valence-corrected chi connectivity index (χ1v) is 6.84. The molecule has 0 aliphatic heterocycles. The molecule has 7 heteroatoms. The standard InChI is InChI=1S/C12H14ClN3O2S/c1-8-2-3-9(13)4-11(8)14-5-10(17)7-18-12-6-15-19-16-12/h2-4,6,10,14,17H,5,7H2,1H3. The van der Waals surface area contributed by atoms with Crippen LogP contribution in [0.15, 0.2) is 24.4 Å². The Balaban J connectivity index is 1.79. The van der Waals surface area contributed by atoms with E-state index in [4.69, 9.17) is 16.3 Å². The van der Waals surface area contributed by atoms with E-state index in [9.17, 15) is 5.11 Å². The summed E-state index contributed by atoms with van der Waals surface area (Å²) in [5, 5.41) is 13.6. The minimum Gasteiger partial charge on any atom is -0.473 e. The summed E-state index contributed by atoms with van der Waals surface area (Å²) in [5.74, 6) is 0.433. The normalized spacial score (nSPS) is 12.2. The zero-order valence-electron chi connectivity index (χ0n) is 10.3. The average molecular weight is 300 g/mol. The molecule has 0 saturated heterocycles. The van der Waals surface area contributed by atoms with Gasteiger partial charge in [0.15, 0.2) is 0 Å². The van der Waals surface area contributed by atoms with Crippen LogP contribution in [0.1, 0.15) is 5.56 Å². The minimum atomic E-state index is -0.639. The number of rotatable bonds is 6. The fraction of sp³-hybridized carbons (Fsp3) is 0.333. The van der Waals surface area contributed by atoms with Crippen LogP contribution in [0, 0.1) is 6.92 Å². The summed E-state index contributed by atoms with van der Waals surface area (Å²) in [7, 11) is 0. The third-order valence-corrected chi connectivity index (χ3v) is 3.19. The number of aliphatic hydroxyl groups excluding tert-OH is 1. The summed E-state index contributed by atoms with van der Waals surface area (Å²) in [6.45, 7) is 2.51. The molecule has 1 aromatic heterocycles. The van der Waals surface area contributed by atoms with Crippen molar-refractivity contribution in [2.75, 3.05) is 18.5 Å². The molecule has 1 aromatic carbocycles. The van der Waals surface area contributed by atoms with E-state index in [-0.39, 0.29) is 6.61 Å². The van der Waals surface area contributed by atoms with Crippen molar-refractivity contribution in [2.45, 2.75) is 13.0 Å². The first-order chi connectivity index (χ1) is 9.15. The predicted molar refractivity (Wildman–Crippen MR) is 76.1 cm³/mol. The third kappa shape index (κ3) is 4.34. The van der Waals surface area contributed by atoms with Crippen molar-refractivity contribution in [1.29, 1.82) is 0 Å². The molecular formula is C12H14ClN3O2S. The Hall–Kier alpha value is -1.37. The van der Waals surface area contributed by atoms with Gasteiger partial charge in [-0.3, -0.25) is 0 Å². The molecule has 1 unspecified atom stereocenters. The number of benzene rings is 1. The van der Waals surface area contributed by atoms with Gasteiger partial charge < -0.3 is 15.2 Å². The summed E-state index contributed by atoms with van der Waals surface area (Å²) in [6, 6.07) is 5.58. The number of ether oxygens (including phenoxy) is 1. The fourth-order valence-electron chi connectivity index (χ4n) is 1.47. The SMILES string of the molecule is Cc1ccc(Cl)cc1NCC(O)COc1cnsn1. The highest BCUT2D eigenvalue weighted by Crippen LogP contribution is 2.20. The molecule has 0 saturated carbocycles. The lowest BCUT2D eigenvalue weighted by atomic mass is 10.2. The lowest BCUT2D eigenvalue weighted by Crippen LogP contribution is -2.26. The van der Waals surface area contributed by atoms with Crippen molar-refractivity contribution < 1.29 is 9.84 Å². The molecule has 2 rings (SSSR count). The minimum absolute atomic E-state index is 0.165. The predicted octanol–water partition coefficient (Wildman–Crippen LogP) is 2.35. The van der Waals surface area contributed by atoms with E-state index >= 15 is 0 Å². The molecule has 5 nitrogen and oxygen atoms in total. The second kappa shape index (κ2) is 6.70. The summed E-state index contributed by atoms with van der Waals surface area (Å²) in [4.78, 5) is 0. The van der Waals surface area contributed by atoms with E-state index in [1.165, 1.54) is 6.20 Å². The van der Waals surface area contributed by atoms with E-state index in [2.05, 4.69) is 14.1 Å². The molecule has 0 amide bonds. The molecule has 0 radical (unpaired) electrons. The first kappa shape index (κ1) is 14.0. The Morgan fingerprint density at radius 2 is 2.37 bits per heavy atom. The lowest BCUT2D eigenvalue weighted by Gasteiger charge is -2.14. The first-order valence-electron chi connectivity index (χ1n) is 5.73. The number of aliphatic hydroxyl groups is 1. The van der Waals surface area contributed by atoms with Crippen molar-refractivity contribution in [2.24, 2.45) is 0 Å². The van der Waals surface area contributed by atoms with Gasteiger partial charge in [-0.25, -0.2) is 0 Å². The molecule has 1 atom stereocenters. The quantitative estimate of drug-likeness (QED) is 0.857. The van der Waals surface area contributed by atoms with E-state index < -0.39 is 6.10 Å². The number of halogens is 1. The van der Waals surface area contributed by atoms with Gasteiger partial charge in [-0.1, -0.05) is 17.7 Å². The van der Waals surface area contributed by atoms with Crippen LogP contribution in [-0.4, -0.2) is 33.1 Å². The van der Waals surface area contributed by atoms with Gasteiger partial charge in [0.25, 0.3) is 0 Å². The summed E-state index contributed by atoms with van der Waals surface area (Å²) in [5.41, 5.74) is 1.98. The van der Waals surface area contributed by atoms with E-state index in [1.54, 1.807) is 0 Å². The van der Waals surface area contributed by atoms with Gasteiger partial charge in [0.2, 0.25) is 5.88 Å². The van der Waals surface area contributed by atoms with Gasteiger partial charge >= 0.3 is 0 Å². The Kier molecular flexibility index (Phi) is 4.95. The van der Waals surface area contributed by atoms with E-state index in [1.807, 2.05) is 25.1 Å². The smallest absolute Gasteiger partial charge is 0.245 e. The number of hydrogen-bond acceptors (Lipinski definition) is 6. The summed E-state index contributed by atoms with van der Waals surface area (Å²) >= 11 is 6.99. The molecule has 2 aromatic rings. The number of hydrogen-bond donors (Lipinski definition) is 2. The maximum atomic E-state index is 9.80. The van der Waals surface area contributed by atoms with Crippen molar-refractivity contribution in [3.05, 3.63) is 35.0 Å². The van der Waals surface area contributed by atoms with Gasteiger partial charge in [0, 0.05) is 17.3 Å². The van der Waals surface area contributed by atoms with Gasteiger partial charge in [-0.2, -0.15) is 4.37 Å². The molecule has 0 aliphatic rings. The van der Waals surface area contributed by atoms with Gasteiger partial charge in [0.1, 0.15) is 18.9 Å². The lowest BCUT2D eigenvalue weighted by molar-refractivity contribution is 0.115. The topological polar surface area (TPSA) is 67.3 Å². The monoisotopic (exact) mass is 299 g/mol. The molecule has 19 heavy (non-hydrogen) atoms. The Labute approximate surface area is 120 Å². The molecule has 0 aliphatic carbocycles. The largest absolute Gasteiger partial charge is 0.473 e. The second-order valence-electron chi connectivity index (χ2n) is 4.05. The van der Waals surface area contributed by atoms with Crippen LogP contribution in [0.2, 0.25) is 5.02 Å². The highest BCUT2D eigenvalue weighted by Gasteiger charge is 2.07. The molecule has 0 bridgehead atoms. The third-order valence-electron chi connectivity index (χ3n) is 2.49.